The van der Waals surface area contributed by atoms with Gasteiger partial charge in [-0.25, -0.2) is 4.98 Å². The molecule has 17 heavy (non-hydrogen) atoms. The van der Waals surface area contributed by atoms with Gasteiger partial charge in [-0.15, -0.1) is 0 Å². The topological polar surface area (TPSA) is 29.9 Å². The second-order valence-corrected chi connectivity index (χ2v) is 4.97. The minimum atomic E-state index is 0.0905. The van der Waals surface area contributed by atoms with Crippen molar-refractivity contribution in [2.45, 2.75) is 19.3 Å². The average Bonchev–Trinajstić information content (AvgIpc) is 2.74. The Labute approximate surface area is 103 Å². The molecular weight excluding hydrogens is 210 g/mol. The van der Waals surface area contributed by atoms with Crippen molar-refractivity contribution in [2.75, 3.05) is 11.9 Å². The summed E-state index contributed by atoms with van der Waals surface area (Å²) < 4.78 is 1.99. The van der Waals surface area contributed by atoms with E-state index in [-0.39, 0.29) is 5.41 Å². The number of nitrogens with zero attached hydrogens (tertiary/aromatic N) is 2. The zero-order chi connectivity index (χ0) is 12.3. The Morgan fingerprint density at radius 3 is 2.53 bits per heavy atom. The van der Waals surface area contributed by atoms with Crippen LogP contribution in [0.4, 0.5) is 5.95 Å². The third kappa shape index (κ3) is 2.67. The molecule has 2 aromatic rings. The fraction of sp³-hybridized carbons (Fsp3) is 0.357. The predicted molar refractivity (Wildman–Crippen MR) is 71.2 cm³/mol. The first-order valence-corrected chi connectivity index (χ1v) is 5.86. The molecule has 1 aromatic carbocycles. The van der Waals surface area contributed by atoms with E-state index in [4.69, 9.17) is 0 Å². The molecule has 0 bridgehead atoms. The number of nitrogens with one attached hydrogen (secondary N) is 1. The number of hydrogen-bond acceptors (Lipinski definition) is 2. The van der Waals surface area contributed by atoms with Crippen LogP contribution in [0.2, 0.25) is 0 Å². The first-order chi connectivity index (χ1) is 8.09. The van der Waals surface area contributed by atoms with E-state index >= 15 is 0 Å². The molecule has 3 heteroatoms. The van der Waals surface area contributed by atoms with Gasteiger partial charge >= 0.3 is 0 Å². The van der Waals surface area contributed by atoms with Gasteiger partial charge < -0.3 is 9.88 Å². The van der Waals surface area contributed by atoms with E-state index in [0.717, 1.165) is 12.5 Å². The van der Waals surface area contributed by atoms with Crippen molar-refractivity contribution in [1.82, 2.24) is 9.55 Å². The highest BCUT2D eigenvalue weighted by atomic mass is 15.2. The summed E-state index contributed by atoms with van der Waals surface area (Å²) in [6.07, 6.45) is 3.75. The highest BCUT2D eigenvalue weighted by Gasteiger charge is 2.20. The Bertz CT molecular complexity index is 471. The molecule has 0 atom stereocenters. The Morgan fingerprint density at radius 1 is 1.24 bits per heavy atom. The van der Waals surface area contributed by atoms with Crippen LogP contribution >= 0.6 is 0 Å². The maximum Gasteiger partial charge on any atom is 0.202 e. The van der Waals surface area contributed by atoms with Gasteiger partial charge in [-0.1, -0.05) is 44.2 Å². The Kier molecular flexibility index (Phi) is 3.18. The van der Waals surface area contributed by atoms with Crippen molar-refractivity contribution < 1.29 is 0 Å². The van der Waals surface area contributed by atoms with Gasteiger partial charge in [0.25, 0.3) is 0 Å². The summed E-state index contributed by atoms with van der Waals surface area (Å²) in [7, 11) is 1.99. The van der Waals surface area contributed by atoms with Gasteiger partial charge in [0, 0.05) is 31.4 Å². The summed E-state index contributed by atoms with van der Waals surface area (Å²) in [5.41, 5.74) is 1.43. The fourth-order valence-electron chi connectivity index (χ4n) is 1.83. The highest BCUT2D eigenvalue weighted by molar-refractivity contribution is 5.30. The van der Waals surface area contributed by atoms with Crippen LogP contribution in [0, 0.1) is 0 Å². The summed E-state index contributed by atoms with van der Waals surface area (Å²) in [5, 5.41) is 3.38. The lowest BCUT2D eigenvalue weighted by Gasteiger charge is -2.25. The van der Waals surface area contributed by atoms with Crippen LogP contribution in [0.5, 0.6) is 0 Å². The molecule has 0 fully saturated rings. The lowest BCUT2D eigenvalue weighted by atomic mass is 9.85. The van der Waals surface area contributed by atoms with Crippen molar-refractivity contribution in [3.05, 3.63) is 48.3 Å². The van der Waals surface area contributed by atoms with Gasteiger partial charge in [0.15, 0.2) is 0 Å². The van der Waals surface area contributed by atoms with Gasteiger partial charge in [0.2, 0.25) is 5.95 Å². The molecule has 0 amide bonds. The number of imidazole rings is 1. The molecule has 2 rings (SSSR count). The molecule has 0 aliphatic carbocycles. The zero-order valence-electron chi connectivity index (χ0n) is 10.6. The second-order valence-electron chi connectivity index (χ2n) is 4.97. The van der Waals surface area contributed by atoms with Crippen LogP contribution in [0.15, 0.2) is 42.7 Å². The first-order valence-electron chi connectivity index (χ1n) is 5.86. The van der Waals surface area contributed by atoms with Crippen molar-refractivity contribution in [3.63, 3.8) is 0 Å². The van der Waals surface area contributed by atoms with Crippen molar-refractivity contribution >= 4 is 5.95 Å². The molecule has 0 radical (unpaired) electrons. The lowest BCUT2D eigenvalue weighted by molar-refractivity contribution is 0.554. The third-order valence-corrected chi connectivity index (χ3v) is 3.06. The predicted octanol–water partition coefficient (Wildman–Crippen LogP) is 2.81. The standard InChI is InChI=1S/C14H19N3/c1-14(2,12-7-5-4-6-8-12)11-16-13-15-9-10-17(13)3/h4-10H,11H2,1-3H3,(H,15,16). The Morgan fingerprint density at radius 2 is 1.94 bits per heavy atom. The monoisotopic (exact) mass is 229 g/mol. The van der Waals surface area contributed by atoms with E-state index in [1.165, 1.54) is 5.56 Å². The SMILES string of the molecule is Cn1ccnc1NCC(C)(C)c1ccccc1. The van der Waals surface area contributed by atoms with E-state index in [1.54, 1.807) is 6.20 Å². The largest absolute Gasteiger partial charge is 0.355 e. The van der Waals surface area contributed by atoms with Crippen molar-refractivity contribution in [2.24, 2.45) is 7.05 Å². The maximum atomic E-state index is 4.26. The number of hydrogen-bond donors (Lipinski definition) is 1. The Balaban J connectivity index is 2.06. The molecule has 0 spiro atoms. The van der Waals surface area contributed by atoms with Gasteiger partial charge in [-0.2, -0.15) is 0 Å². The normalized spacial score (nSPS) is 11.5. The molecule has 0 unspecified atom stereocenters. The molecule has 0 aliphatic heterocycles. The molecule has 90 valence electrons. The van der Waals surface area contributed by atoms with Crippen LogP contribution in [-0.4, -0.2) is 16.1 Å². The number of rotatable bonds is 4. The summed E-state index contributed by atoms with van der Waals surface area (Å²) in [6.45, 7) is 5.33. The minimum Gasteiger partial charge on any atom is -0.355 e. The number of benzene rings is 1. The third-order valence-electron chi connectivity index (χ3n) is 3.06. The first kappa shape index (κ1) is 11.7. The van der Waals surface area contributed by atoms with Crippen LogP contribution in [0.3, 0.4) is 0 Å². The van der Waals surface area contributed by atoms with Crippen LogP contribution in [0.25, 0.3) is 0 Å². The lowest BCUT2D eigenvalue weighted by Crippen LogP contribution is -2.28. The highest BCUT2D eigenvalue weighted by Crippen LogP contribution is 2.22. The number of anilines is 1. The summed E-state index contributed by atoms with van der Waals surface area (Å²) in [6, 6.07) is 10.5. The molecular formula is C14H19N3. The summed E-state index contributed by atoms with van der Waals surface area (Å²) in [5.74, 6) is 0.911. The molecule has 0 saturated heterocycles. The maximum absolute atomic E-state index is 4.26. The van der Waals surface area contributed by atoms with E-state index in [2.05, 4.69) is 48.4 Å². The van der Waals surface area contributed by atoms with Gasteiger partial charge in [0.05, 0.1) is 0 Å². The van der Waals surface area contributed by atoms with Gasteiger partial charge in [-0.05, 0) is 5.56 Å². The fourth-order valence-corrected chi connectivity index (χ4v) is 1.83. The molecule has 1 aromatic heterocycles. The Hall–Kier alpha value is -1.77. The van der Waals surface area contributed by atoms with E-state index in [0.29, 0.717) is 0 Å². The molecule has 0 saturated carbocycles. The molecule has 3 nitrogen and oxygen atoms in total. The molecule has 0 aliphatic rings. The van der Waals surface area contributed by atoms with Gasteiger partial charge in [-0.3, -0.25) is 0 Å². The quantitative estimate of drug-likeness (QED) is 0.873. The van der Waals surface area contributed by atoms with E-state index < -0.39 is 0 Å². The average molecular weight is 229 g/mol. The zero-order valence-corrected chi connectivity index (χ0v) is 10.6. The molecule has 1 heterocycles. The number of aromatic nitrogens is 2. The smallest absolute Gasteiger partial charge is 0.202 e. The van der Waals surface area contributed by atoms with E-state index in [9.17, 15) is 0 Å². The van der Waals surface area contributed by atoms with Crippen LogP contribution < -0.4 is 5.32 Å². The van der Waals surface area contributed by atoms with E-state index in [1.807, 2.05) is 23.9 Å². The molecule has 1 N–H and O–H groups in total. The summed E-state index contributed by atoms with van der Waals surface area (Å²) >= 11 is 0. The second kappa shape index (κ2) is 4.62. The van der Waals surface area contributed by atoms with Crippen LogP contribution in [0.1, 0.15) is 19.4 Å². The van der Waals surface area contributed by atoms with Crippen molar-refractivity contribution in [1.29, 1.82) is 0 Å². The van der Waals surface area contributed by atoms with Gasteiger partial charge in [0.1, 0.15) is 0 Å². The minimum absolute atomic E-state index is 0.0905. The van der Waals surface area contributed by atoms with Crippen LogP contribution in [-0.2, 0) is 12.5 Å². The number of aryl methyl sites for hydroxylation is 1. The summed E-state index contributed by atoms with van der Waals surface area (Å²) in [4.78, 5) is 4.26. The van der Waals surface area contributed by atoms with Crippen molar-refractivity contribution in [3.8, 4) is 0 Å².